The highest BCUT2D eigenvalue weighted by molar-refractivity contribution is 7.18. The zero-order valence-electron chi connectivity index (χ0n) is 12.2. The van der Waals surface area contributed by atoms with Gasteiger partial charge in [0.2, 0.25) is 5.91 Å². The smallest absolute Gasteiger partial charge is 0.222 e. The minimum atomic E-state index is -1.17. The maximum Gasteiger partial charge on any atom is 0.222 e. The number of aromatic nitrogens is 1. The third-order valence-electron chi connectivity index (χ3n) is 4.05. The van der Waals surface area contributed by atoms with Gasteiger partial charge in [-0.25, -0.2) is 4.98 Å². The fourth-order valence-electron chi connectivity index (χ4n) is 2.81. The topological polar surface area (TPSA) is 73.3 Å². The molecule has 116 valence electrons. The van der Waals surface area contributed by atoms with Crippen LogP contribution in [0.2, 0.25) is 0 Å². The highest BCUT2D eigenvalue weighted by atomic mass is 32.1. The van der Waals surface area contributed by atoms with Crippen LogP contribution in [0.15, 0.2) is 24.3 Å². The molecule has 0 radical (unpaired) electrons. The molecule has 6 heteroatoms. The summed E-state index contributed by atoms with van der Waals surface area (Å²) in [6, 6.07) is 8.11. The summed E-state index contributed by atoms with van der Waals surface area (Å²) in [5.41, 5.74) is 1.04. The van der Waals surface area contributed by atoms with E-state index in [0.717, 1.165) is 23.4 Å². The van der Waals surface area contributed by atoms with Gasteiger partial charge in [-0.2, -0.15) is 0 Å². The number of para-hydroxylation sites is 1. The molecule has 0 bridgehead atoms. The summed E-state index contributed by atoms with van der Waals surface area (Å²) in [6.07, 6.45) is 1.61. The van der Waals surface area contributed by atoms with Crippen molar-refractivity contribution in [1.29, 1.82) is 0 Å². The maximum absolute atomic E-state index is 11.9. The first-order valence-corrected chi connectivity index (χ1v) is 8.28. The van der Waals surface area contributed by atoms with Crippen LogP contribution in [0.4, 0.5) is 0 Å². The van der Waals surface area contributed by atoms with Crippen LogP contribution in [0.1, 0.15) is 36.6 Å². The SMILES string of the molecule is O=C([O-])CCC(=O)N1CCC(c2nc3ccccc3s2)CC1. The van der Waals surface area contributed by atoms with Gasteiger partial charge in [0.1, 0.15) is 0 Å². The van der Waals surface area contributed by atoms with Crippen molar-refractivity contribution >= 4 is 33.4 Å². The Kier molecular flexibility index (Phi) is 4.38. The van der Waals surface area contributed by atoms with Crippen LogP contribution in [-0.2, 0) is 9.59 Å². The van der Waals surface area contributed by atoms with Gasteiger partial charge in [0.15, 0.2) is 0 Å². The van der Waals surface area contributed by atoms with E-state index in [0.29, 0.717) is 19.0 Å². The Morgan fingerprint density at radius 2 is 1.95 bits per heavy atom. The molecule has 3 rings (SSSR count). The summed E-state index contributed by atoms with van der Waals surface area (Å²) < 4.78 is 1.20. The predicted octanol–water partition coefficient (Wildman–Crippen LogP) is 1.53. The molecular formula is C16H17N2O3S-. The minimum Gasteiger partial charge on any atom is -0.550 e. The molecule has 22 heavy (non-hydrogen) atoms. The Bertz CT molecular complexity index is 657. The lowest BCUT2D eigenvalue weighted by Gasteiger charge is -2.31. The Balaban J connectivity index is 1.59. The van der Waals surface area contributed by atoms with Crippen molar-refractivity contribution in [2.45, 2.75) is 31.6 Å². The number of carboxylic acids is 1. The van der Waals surface area contributed by atoms with Gasteiger partial charge in [0, 0.05) is 31.4 Å². The number of likely N-dealkylation sites (tertiary alicyclic amines) is 1. The summed E-state index contributed by atoms with van der Waals surface area (Å²) in [6.45, 7) is 1.35. The lowest BCUT2D eigenvalue weighted by Crippen LogP contribution is -2.38. The van der Waals surface area contributed by atoms with E-state index in [4.69, 9.17) is 4.98 Å². The van der Waals surface area contributed by atoms with Crippen molar-refractivity contribution in [1.82, 2.24) is 9.88 Å². The number of fused-ring (bicyclic) bond motifs is 1. The van der Waals surface area contributed by atoms with E-state index in [1.807, 2.05) is 18.2 Å². The Labute approximate surface area is 132 Å². The highest BCUT2D eigenvalue weighted by Gasteiger charge is 2.25. The van der Waals surface area contributed by atoms with Crippen LogP contribution >= 0.6 is 11.3 Å². The molecule has 0 N–H and O–H groups in total. The number of carboxylic acid groups (broad SMARTS) is 1. The molecule has 1 saturated heterocycles. The van der Waals surface area contributed by atoms with E-state index < -0.39 is 5.97 Å². The van der Waals surface area contributed by atoms with Gasteiger partial charge in [-0.15, -0.1) is 11.3 Å². The molecule has 0 aliphatic carbocycles. The monoisotopic (exact) mass is 317 g/mol. The van der Waals surface area contributed by atoms with E-state index in [2.05, 4.69) is 6.07 Å². The number of hydrogen-bond donors (Lipinski definition) is 0. The first-order chi connectivity index (χ1) is 10.6. The lowest BCUT2D eigenvalue weighted by molar-refractivity contribution is -0.305. The number of thiazole rings is 1. The number of carbonyl (C=O) groups excluding carboxylic acids is 2. The van der Waals surface area contributed by atoms with Crippen molar-refractivity contribution in [3.8, 4) is 0 Å². The van der Waals surface area contributed by atoms with Gasteiger partial charge in [0.05, 0.1) is 15.2 Å². The van der Waals surface area contributed by atoms with Gasteiger partial charge >= 0.3 is 0 Å². The first kappa shape index (κ1) is 15.0. The number of benzene rings is 1. The summed E-state index contributed by atoms with van der Waals surface area (Å²) >= 11 is 1.73. The van der Waals surface area contributed by atoms with E-state index in [-0.39, 0.29) is 18.7 Å². The number of piperidine rings is 1. The summed E-state index contributed by atoms with van der Waals surface area (Å²) in [7, 11) is 0. The van der Waals surface area contributed by atoms with Crippen molar-refractivity contribution in [2.24, 2.45) is 0 Å². The van der Waals surface area contributed by atoms with Crippen LogP contribution < -0.4 is 5.11 Å². The maximum atomic E-state index is 11.9. The molecule has 1 fully saturated rings. The third-order valence-corrected chi connectivity index (χ3v) is 5.25. The van der Waals surface area contributed by atoms with Crippen LogP contribution in [0.3, 0.4) is 0 Å². The molecule has 1 aliphatic heterocycles. The van der Waals surface area contributed by atoms with Crippen LogP contribution in [0.25, 0.3) is 10.2 Å². The van der Waals surface area contributed by atoms with Gasteiger partial charge in [-0.1, -0.05) is 12.1 Å². The molecule has 1 amide bonds. The Morgan fingerprint density at radius 1 is 1.23 bits per heavy atom. The number of aliphatic carboxylic acids is 1. The average Bonchev–Trinajstić information content (AvgIpc) is 2.96. The molecule has 1 aromatic carbocycles. The van der Waals surface area contributed by atoms with E-state index >= 15 is 0 Å². The molecular weight excluding hydrogens is 300 g/mol. The van der Waals surface area contributed by atoms with Crippen molar-refractivity contribution < 1.29 is 14.7 Å². The van der Waals surface area contributed by atoms with E-state index in [1.165, 1.54) is 4.70 Å². The fourth-order valence-corrected chi connectivity index (χ4v) is 3.94. The number of carbonyl (C=O) groups is 2. The fraction of sp³-hybridized carbons (Fsp3) is 0.438. The third kappa shape index (κ3) is 3.27. The number of amides is 1. The normalized spacial score (nSPS) is 16.1. The average molecular weight is 317 g/mol. The molecule has 2 heterocycles. The molecule has 2 aromatic rings. The summed E-state index contributed by atoms with van der Waals surface area (Å²) in [4.78, 5) is 28.8. The zero-order valence-corrected chi connectivity index (χ0v) is 13.0. The molecule has 0 spiro atoms. The molecule has 1 aromatic heterocycles. The minimum absolute atomic E-state index is 0.0359. The van der Waals surface area contributed by atoms with E-state index in [1.54, 1.807) is 16.2 Å². The lowest BCUT2D eigenvalue weighted by atomic mass is 9.97. The summed E-state index contributed by atoms with van der Waals surface area (Å²) in [5, 5.41) is 11.6. The molecule has 5 nitrogen and oxygen atoms in total. The number of nitrogens with zero attached hydrogens (tertiary/aromatic N) is 2. The molecule has 1 aliphatic rings. The van der Waals surface area contributed by atoms with Crippen molar-refractivity contribution in [3.05, 3.63) is 29.3 Å². The van der Waals surface area contributed by atoms with Gasteiger partial charge < -0.3 is 14.8 Å². The largest absolute Gasteiger partial charge is 0.550 e. The standard InChI is InChI=1S/C16H18N2O3S/c19-14(5-6-15(20)21)18-9-7-11(8-10-18)16-17-12-3-1-2-4-13(12)22-16/h1-4,11H,5-10H2,(H,20,21)/p-1. The Morgan fingerprint density at radius 3 is 2.64 bits per heavy atom. The Hall–Kier alpha value is -1.95. The van der Waals surface area contributed by atoms with Crippen LogP contribution in [-0.4, -0.2) is 34.8 Å². The first-order valence-electron chi connectivity index (χ1n) is 7.46. The number of rotatable bonds is 4. The molecule has 0 atom stereocenters. The second-order valence-corrected chi connectivity index (χ2v) is 6.61. The number of hydrogen-bond acceptors (Lipinski definition) is 5. The van der Waals surface area contributed by atoms with Gasteiger partial charge in [0.25, 0.3) is 0 Å². The quantitative estimate of drug-likeness (QED) is 0.857. The molecule has 0 saturated carbocycles. The van der Waals surface area contributed by atoms with Crippen molar-refractivity contribution in [2.75, 3.05) is 13.1 Å². The molecule has 0 unspecified atom stereocenters. The van der Waals surface area contributed by atoms with Gasteiger partial charge in [-0.05, 0) is 31.4 Å². The van der Waals surface area contributed by atoms with Crippen LogP contribution in [0, 0.1) is 0 Å². The second kappa shape index (κ2) is 6.44. The second-order valence-electron chi connectivity index (χ2n) is 5.55. The van der Waals surface area contributed by atoms with Gasteiger partial charge in [-0.3, -0.25) is 4.79 Å². The zero-order chi connectivity index (χ0) is 15.5. The highest BCUT2D eigenvalue weighted by Crippen LogP contribution is 2.33. The predicted molar refractivity (Wildman–Crippen MR) is 82.4 cm³/mol. The summed E-state index contributed by atoms with van der Waals surface area (Å²) in [5.74, 6) is -0.868. The van der Waals surface area contributed by atoms with Crippen molar-refractivity contribution in [3.63, 3.8) is 0 Å². The van der Waals surface area contributed by atoms with Crippen LogP contribution in [0.5, 0.6) is 0 Å². The van der Waals surface area contributed by atoms with E-state index in [9.17, 15) is 14.7 Å².